The first-order valence-electron chi connectivity index (χ1n) is 10.7. The summed E-state index contributed by atoms with van der Waals surface area (Å²) in [5, 5.41) is 1.12. The van der Waals surface area contributed by atoms with Crippen LogP contribution in [0.5, 0.6) is 0 Å². The molecule has 30 heavy (non-hydrogen) atoms. The molecule has 3 aromatic rings. The van der Waals surface area contributed by atoms with Gasteiger partial charge >= 0.3 is 0 Å². The second-order valence-corrected chi connectivity index (χ2v) is 7.37. The fraction of sp³-hybridized carbons (Fsp3) is 0.385. The average Bonchev–Trinajstić information content (AvgIpc) is 3.14. The maximum Gasteiger partial charge on any atom is 0.192 e. The number of benzene rings is 1. The Balaban J connectivity index is 0.000000497. The molecule has 0 unspecified atom stereocenters. The maximum atomic E-state index is 12.0. The SMILES string of the molecule is C=C.CC.CC(C)C.CCc1ccc2c3c(oc2c1)-c1cc(=O)c(C=O)cn1CC3. The molecule has 0 bridgehead atoms. The van der Waals surface area contributed by atoms with Crippen LogP contribution in [-0.2, 0) is 19.4 Å². The number of hydrogen-bond donors (Lipinski definition) is 0. The van der Waals surface area contributed by atoms with Crippen LogP contribution in [0, 0.1) is 5.92 Å². The summed E-state index contributed by atoms with van der Waals surface area (Å²) in [6.07, 6.45) is 4.03. The number of rotatable bonds is 2. The van der Waals surface area contributed by atoms with E-state index in [0.29, 0.717) is 6.29 Å². The summed E-state index contributed by atoms with van der Waals surface area (Å²) >= 11 is 0. The Kier molecular flexibility index (Phi) is 10.0. The van der Waals surface area contributed by atoms with Crippen LogP contribution in [0.1, 0.15) is 63.0 Å². The highest BCUT2D eigenvalue weighted by atomic mass is 16.3. The van der Waals surface area contributed by atoms with Gasteiger partial charge in [-0.3, -0.25) is 9.59 Å². The molecule has 3 heterocycles. The number of aromatic nitrogens is 1. The molecule has 4 heteroatoms. The number of hydrogen-bond acceptors (Lipinski definition) is 3. The van der Waals surface area contributed by atoms with Crippen molar-refractivity contribution in [3.8, 4) is 11.5 Å². The minimum absolute atomic E-state index is 0.191. The monoisotopic (exact) mass is 409 g/mol. The first-order chi connectivity index (χ1) is 14.4. The number of aldehydes is 1. The lowest BCUT2D eigenvalue weighted by Crippen LogP contribution is -2.18. The van der Waals surface area contributed by atoms with E-state index >= 15 is 0 Å². The van der Waals surface area contributed by atoms with E-state index in [2.05, 4.69) is 59.1 Å². The Morgan fingerprint density at radius 2 is 1.80 bits per heavy atom. The molecule has 0 N–H and O–H groups in total. The van der Waals surface area contributed by atoms with Gasteiger partial charge in [0.25, 0.3) is 0 Å². The van der Waals surface area contributed by atoms with Gasteiger partial charge in [0.15, 0.2) is 17.5 Å². The molecule has 2 aromatic heterocycles. The Hall–Kier alpha value is -2.88. The van der Waals surface area contributed by atoms with E-state index in [0.717, 1.165) is 53.3 Å². The van der Waals surface area contributed by atoms with E-state index in [1.54, 1.807) is 6.20 Å². The molecular weight excluding hydrogens is 374 g/mol. The number of aryl methyl sites for hydroxylation is 3. The molecule has 4 rings (SSSR count). The first-order valence-corrected chi connectivity index (χ1v) is 10.7. The lowest BCUT2D eigenvalue weighted by Gasteiger charge is -2.18. The van der Waals surface area contributed by atoms with Gasteiger partial charge in [-0.1, -0.05) is 53.7 Å². The third-order valence-corrected chi connectivity index (χ3v) is 4.38. The number of pyridine rings is 1. The summed E-state index contributed by atoms with van der Waals surface area (Å²) in [6.45, 7) is 19.4. The van der Waals surface area contributed by atoms with E-state index in [1.165, 1.54) is 11.6 Å². The lowest BCUT2D eigenvalue weighted by atomic mass is 10.0. The van der Waals surface area contributed by atoms with E-state index < -0.39 is 0 Å². The predicted octanol–water partition coefficient (Wildman–Crippen LogP) is 6.68. The third kappa shape index (κ3) is 5.59. The molecule has 0 radical (unpaired) electrons. The molecule has 0 spiro atoms. The summed E-state index contributed by atoms with van der Waals surface area (Å²) in [6, 6.07) is 7.79. The highest BCUT2D eigenvalue weighted by molar-refractivity contribution is 5.88. The largest absolute Gasteiger partial charge is 0.454 e. The van der Waals surface area contributed by atoms with Crippen LogP contribution in [0.15, 0.2) is 52.8 Å². The van der Waals surface area contributed by atoms with Crippen molar-refractivity contribution in [3.63, 3.8) is 0 Å². The van der Waals surface area contributed by atoms with Crippen molar-refractivity contribution >= 4 is 17.3 Å². The van der Waals surface area contributed by atoms with Crippen LogP contribution in [0.4, 0.5) is 0 Å². The minimum atomic E-state index is -0.260. The van der Waals surface area contributed by atoms with Crippen molar-refractivity contribution in [1.82, 2.24) is 4.57 Å². The number of carbonyl (C=O) groups is 1. The summed E-state index contributed by atoms with van der Waals surface area (Å²) < 4.78 is 7.97. The molecule has 0 saturated carbocycles. The minimum Gasteiger partial charge on any atom is -0.454 e. The van der Waals surface area contributed by atoms with Gasteiger partial charge in [0.05, 0.1) is 11.3 Å². The molecule has 0 amide bonds. The van der Waals surface area contributed by atoms with Crippen molar-refractivity contribution in [1.29, 1.82) is 0 Å². The summed E-state index contributed by atoms with van der Waals surface area (Å²) in [7, 11) is 0. The van der Waals surface area contributed by atoms with Crippen molar-refractivity contribution in [2.24, 2.45) is 5.92 Å². The zero-order chi connectivity index (χ0) is 22.8. The molecular formula is C26H35NO3. The molecule has 0 aliphatic carbocycles. The van der Waals surface area contributed by atoms with E-state index in [-0.39, 0.29) is 11.0 Å². The molecule has 162 valence electrons. The molecule has 1 aliphatic heterocycles. The molecule has 4 nitrogen and oxygen atoms in total. The van der Waals surface area contributed by atoms with Crippen LogP contribution in [0.25, 0.3) is 22.4 Å². The molecule has 1 aromatic carbocycles. The summed E-state index contributed by atoms with van der Waals surface area (Å²) in [5.74, 6) is 1.59. The Labute approximate surface area is 180 Å². The Bertz CT molecular complexity index is 1020. The molecule has 0 saturated heterocycles. The van der Waals surface area contributed by atoms with Crippen LogP contribution in [0.3, 0.4) is 0 Å². The van der Waals surface area contributed by atoms with Crippen molar-refractivity contribution < 1.29 is 9.21 Å². The van der Waals surface area contributed by atoms with Gasteiger partial charge in [-0.05, 0) is 30.4 Å². The van der Waals surface area contributed by atoms with Gasteiger partial charge in [-0.15, -0.1) is 13.2 Å². The smallest absolute Gasteiger partial charge is 0.192 e. The summed E-state index contributed by atoms with van der Waals surface area (Å²) in [4.78, 5) is 22.9. The van der Waals surface area contributed by atoms with Gasteiger partial charge in [0.2, 0.25) is 0 Å². The van der Waals surface area contributed by atoms with Crippen molar-refractivity contribution in [3.05, 3.63) is 70.5 Å². The fourth-order valence-electron chi connectivity index (χ4n) is 3.16. The quantitative estimate of drug-likeness (QED) is 0.350. The zero-order valence-electron chi connectivity index (χ0n) is 19.2. The van der Waals surface area contributed by atoms with Gasteiger partial charge in [-0.25, -0.2) is 0 Å². The van der Waals surface area contributed by atoms with Crippen LogP contribution in [0.2, 0.25) is 0 Å². The van der Waals surface area contributed by atoms with Gasteiger partial charge in [-0.2, -0.15) is 0 Å². The van der Waals surface area contributed by atoms with Gasteiger partial charge in [0, 0.05) is 29.8 Å². The molecule has 0 fully saturated rings. The van der Waals surface area contributed by atoms with Gasteiger partial charge < -0.3 is 8.98 Å². The maximum absolute atomic E-state index is 12.0. The third-order valence-electron chi connectivity index (χ3n) is 4.38. The van der Waals surface area contributed by atoms with Crippen molar-refractivity contribution in [2.45, 2.75) is 60.9 Å². The fourth-order valence-corrected chi connectivity index (χ4v) is 3.16. The van der Waals surface area contributed by atoms with Crippen LogP contribution < -0.4 is 5.43 Å². The number of furan rings is 1. The Morgan fingerprint density at radius 3 is 2.37 bits per heavy atom. The van der Waals surface area contributed by atoms with Crippen LogP contribution in [-0.4, -0.2) is 10.9 Å². The standard InChI is InChI=1S/C18H15NO3.C4H10.C2H6.C2H4/c1-2-11-3-4-13-14-5-6-19-9-12(10-20)16(21)8-15(19)18(14)22-17(13)7-11;1-4(2)3;2*1-2/h3-4,7-10H,2,5-6H2,1H3;4H,1-3H3;1-2H3;1-2H2. The molecule has 0 atom stereocenters. The number of carbonyl (C=O) groups excluding carboxylic acids is 1. The normalized spacial score (nSPS) is 11.0. The Morgan fingerprint density at radius 1 is 1.17 bits per heavy atom. The predicted molar refractivity (Wildman–Crippen MR) is 127 cm³/mol. The summed E-state index contributed by atoms with van der Waals surface area (Å²) in [5.41, 5.74) is 3.93. The highest BCUT2D eigenvalue weighted by Gasteiger charge is 2.23. The van der Waals surface area contributed by atoms with Gasteiger partial charge in [0.1, 0.15) is 5.58 Å². The van der Waals surface area contributed by atoms with E-state index in [1.807, 2.05) is 18.4 Å². The highest BCUT2D eigenvalue weighted by Crippen LogP contribution is 2.37. The van der Waals surface area contributed by atoms with E-state index in [4.69, 9.17) is 4.42 Å². The lowest BCUT2D eigenvalue weighted by molar-refractivity contribution is 0.112. The molecule has 1 aliphatic rings. The number of nitrogens with zero attached hydrogens (tertiary/aromatic N) is 1. The topological polar surface area (TPSA) is 52.2 Å². The number of fused-ring (bicyclic) bond motifs is 5. The van der Waals surface area contributed by atoms with E-state index in [9.17, 15) is 9.59 Å². The second-order valence-electron chi connectivity index (χ2n) is 7.37. The van der Waals surface area contributed by atoms with Crippen molar-refractivity contribution in [2.75, 3.05) is 0 Å². The second kappa shape index (κ2) is 12.0. The average molecular weight is 410 g/mol. The van der Waals surface area contributed by atoms with Crippen LogP contribution >= 0.6 is 0 Å². The zero-order valence-corrected chi connectivity index (χ0v) is 19.2. The first kappa shape index (κ1) is 25.2.